The molecule has 0 unspecified atom stereocenters. The number of nitrogens with one attached hydrogen (secondary N) is 1. The minimum absolute atomic E-state index is 0.00509. The summed E-state index contributed by atoms with van der Waals surface area (Å²) < 4.78 is 49.8. The first-order chi connectivity index (χ1) is 21.6. The van der Waals surface area contributed by atoms with Crippen molar-refractivity contribution in [2.24, 2.45) is 0 Å². The number of rotatable bonds is 7. The van der Waals surface area contributed by atoms with Gasteiger partial charge in [0.05, 0.1) is 30.4 Å². The van der Waals surface area contributed by atoms with Crippen LogP contribution in [0.2, 0.25) is 5.02 Å². The lowest BCUT2D eigenvalue weighted by molar-refractivity contribution is -0.0565. The van der Waals surface area contributed by atoms with E-state index in [1.165, 1.54) is 41.3 Å². The molecule has 0 bridgehead atoms. The third-order valence-corrected chi connectivity index (χ3v) is 8.37. The van der Waals surface area contributed by atoms with Crippen molar-refractivity contribution < 1.29 is 27.5 Å². The number of nitrogens with two attached hydrogens (primary N) is 1. The van der Waals surface area contributed by atoms with Crippen molar-refractivity contribution in [3.63, 3.8) is 0 Å². The molecule has 0 aliphatic carbocycles. The molecule has 2 saturated heterocycles. The standard InChI is InChI=1S/C29H29ClF3N9O3/c1-45-27-22(26(43)39-20-14-41(13-19(20)31)28(44)23-18(30)3-2-7-35-23)17(4-8-36-27)21-11-16(24-25(34)37-15-38-42(21)24)12-40-9-5-29(32,33)6-10-40/h2-4,7-8,11,15,19-20H,5-6,9-10,12-14H2,1H3,(H,39,43)(H2,34,37,38)/t19-,20+/m0/s1. The molecule has 0 aromatic carbocycles. The molecular formula is C29H29ClF3N9O3. The quantitative estimate of drug-likeness (QED) is 0.310. The maximum absolute atomic E-state index is 15.2. The molecule has 0 saturated carbocycles. The Bertz CT molecular complexity index is 1760. The number of pyridine rings is 2. The normalized spacial score (nSPS) is 20.0. The van der Waals surface area contributed by atoms with Crippen molar-refractivity contribution in [2.75, 3.05) is 39.0 Å². The molecule has 6 heterocycles. The van der Waals surface area contributed by atoms with Crippen LogP contribution >= 0.6 is 11.6 Å². The summed E-state index contributed by atoms with van der Waals surface area (Å²) in [5.74, 6) is -3.80. The topological polar surface area (TPSA) is 144 Å². The highest BCUT2D eigenvalue weighted by Gasteiger charge is 2.39. The highest BCUT2D eigenvalue weighted by atomic mass is 35.5. The number of hydrogen-bond acceptors (Lipinski definition) is 9. The molecule has 4 aromatic rings. The van der Waals surface area contributed by atoms with Crippen molar-refractivity contribution in [3.8, 4) is 17.1 Å². The van der Waals surface area contributed by atoms with Crippen molar-refractivity contribution in [1.29, 1.82) is 0 Å². The van der Waals surface area contributed by atoms with E-state index in [0.29, 0.717) is 28.9 Å². The van der Waals surface area contributed by atoms with Gasteiger partial charge >= 0.3 is 0 Å². The van der Waals surface area contributed by atoms with Gasteiger partial charge < -0.3 is 20.7 Å². The highest BCUT2D eigenvalue weighted by molar-refractivity contribution is 6.33. The van der Waals surface area contributed by atoms with Gasteiger partial charge in [0, 0.05) is 57.0 Å². The maximum Gasteiger partial charge on any atom is 0.274 e. The van der Waals surface area contributed by atoms with Gasteiger partial charge in [0.1, 0.15) is 29.3 Å². The Labute approximate surface area is 260 Å². The van der Waals surface area contributed by atoms with E-state index < -0.39 is 30.0 Å². The number of hydrogen-bond donors (Lipinski definition) is 2. The smallest absolute Gasteiger partial charge is 0.274 e. The summed E-state index contributed by atoms with van der Waals surface area (Å²) in [6, 6.07) is 5.40. The number of carbonyl (C=O) groups is 2. The van der Waals surface area contributed by atoms with Crippen LogP contribution in [0.4, 0.5) is 19.0 Å². The van der Waals surface area contributed by atoms with Gasteiger partial charge in [0.2, 0.25) is 5.88 Å². The number of piperidine rings is 1. The number of nitrogen functional groups attached to an aromatic ring is 1. The summed E-state index contributed by atoms with van der Waals surface area (Å²) in [6.07, 6.45) is 2.05. The van der Waals surface area contributed by atoms with Gasteiger partial charge in [-0.05, 0) is 29.8 Å². The van der Waals surface area contributed by atoms with Gasteiger partial charge in [-0.3, -0.25) is 14.5 Å². The molecule has 2 aliphatic heterocycles. The van der Waals surface area contributed by atoms with E-state index in [1.807, 2.05) is 4.90 Å². The van der Waals surface area contributed by atoms with Gasteiger partial charge in [0.15, 0.2) is 5.82 Å². The Morgan fingerprint density at radius 1 is 1.16 bits per heavy atom. The molecule has 3 N–H and O–H groups in total. The summed E-state index contributed by atoms with van der Waals surface area (Å²) in [6.45, 7) is 0.312. The van der Waals surface area contributed by atoms with Crippen LogP contribution in [0.1, 0.15) is 39.3 Å². The Balaban J connectivity index is 1.31. The monoisotopic (exact) mass is 643 g/mol. The highest BCUT2D eigenvalue weighted by Crippen LogP contribution is 2.35. The molecule has 45 heavy (non-hydrogen) atoms. The van der Waals surface area contributed by atoms with Gasteiger partial charge in [-0.15, -0.1) is 0 Å². The van der Waals surface area contributed by atoms with E-state index in [9.17, 15) is 18.4 Å². The summed E-state index contributed by atoms with van der Waals surface area (Å²) in [7, 11) is 1.35. The molecule has 2 aliphatic rings. The van der Waals surface area contributed by atoms with Crippen LogP contribution in [0.25, 0.3) is 16.8 Å². The van der Waals surface area contributed by atoms with Gasteiger partial charge in [-0.1, -0.05) is 11.6 Å². The molecule has 236 valence electrons. The van der Waals surface area contributed by atoms with Crippen LogP contribution in [-0.2, 0) is 6.54 Å². The average molecular weight is 644 g/mol. The fourth-order valence-electron chi connectivity index (χ4n) is 5.77. The summed E-state index contributed by atoms with van der Waals surface area (Å²) in [4.78, 5) is 42.3. The summed E-state index contributed by atoms with van der Waals surface area (Å²) >= 11 is 6.12. The van der Waals surface area contributed by atoms with Gasteiger partial charge in [-0.25, -0.2) is 32.6 Å². The number of carbonyl (C=O) groups excluding carboxylic acids is 2. The predicted octanol–water partition coefficient (Wildman–Crippen LogP) is 3.25. The van der Waals surface area contributed by atoms with Crippen molar-refractivity contribution in [1.82, 2.24) is 39.7 Å². The Morgan fingerprint density at radius 2 is 1.93 bits per heavy atom. The first-order valence-corrected chi connectivity index (χ1v) is 14.5. The minimum Gasteiger partial charge on any atom is -0.480 e. The predicted molar refractivity (Wildman–Crippen MR) is 158 cm³/mol. The number of fused-ring (bicyclic) bond motifs is 1. The number of ether oxygens (including phenoxy) is 1. The van der Waals surface area contributed by atoms with Crippen LogP contribution in [0.3, 0.4) is 0 Å². The SMILES string of the molecule is COc1nccc(-c2cc(CN3CCC(F)(F)CC3)c3c(N)ncnn23)c1C(=O)N[C@@H]1CN(C(=O)c2ncccc2Cl)C[C@@H]1F. The molecule has 2 amide bonds. The number of halogens is 4. The number of alkyl halides is 3. The average Bonchev–Trinajstić information content (AvgIpc) is 3.58. The fourth-order valence-corrected chi connectivity index (χ4v) is 5.97. The van der Waals surface area contributed by atoms with Crippen LogP contribution in [-0.4, -0.2) is 97.6 Å². The second kappa shape index (κ2) is 12.1. The van der Waals surface area contributed by atoms with Crippen LogP contribution in [0.5, 0.6) is 5.88 Å². The number of anilines is 1. The Morgan fingerprint density at radius 3 is 2.67 bits per heavy atom. The van der Waals surface area contributed by atoms with E-state index in [0.717, 1.165) is 0 Å². The third-order valence-electron chi connectivity index (χ3n) is 8.07. The fraction of sp³-hybridized carbons (Fsp3) is 0.379. The molecule has 2 fully saturated rings. The second-order valence-corrected chi connectivity index (χ2v) is 11.4. The van der Waals surface area contributed by atoms with Crippen LogP contribution in [0, 0.1) is 0 Å². The van der Waals surface area contributed by atoms with Gasteiger partial charge in [0.25, 0.3) is 17.7 Å². The summed E-state index contributed by atoms with van der Waals surface area (Å²) in [5.41, 5.74) is 8.18. The molecule has 16 heteroatoms. The number of amides is 2. The molecule has 12 nitrogen and oxygen atoms in total. The Hall–Kier alpha value is -4.50. The molecule has 0 radical (unpaired) electrons. The largest absolute Gasteiger partial charge is 0.480 e. The molecular weight excluding hydrogens is 615 g/mol. The van der Waals surface area contributed by atoms with E-state index in [4.69, 9.17) is 22.1 Å². The maximum atomic E-state index is 15.2. The minimum atomic E-state index is -2.70. The second-order valence-electron chi connectivity index (χ2n) is 11.0. The number of nitrogens with zero attached hydrogens (tertiary/aromatic N) is 7. The van der Waals surface area contributed by atoms with Crippen molar-refractivity contribution in [2.45, 2.75) is 37.5 Å². The zero-order valence-corrected chi connectivity index (χ0v) is 24.8. The lowest BCUT2D eigenvalue weighted by atomic mass is 10.0. The number of aromatic nitrogens is 5. The van der Waals surface area contributed by atoms with E-state index >= 15 is 4.39 Å². The number of likely N-dealkylation sites (tertiary alicyclic amines) is 2. The first-order valence-electron chi connectivity index (χ1n) is 14.2. The van der Waals surface area contributed by atoms with E-state index in [1.54, 1.807) is 18.2 Å². The van der Waals surface area contributed by atoms with Crippen LogP contribution in [0.15, 0.2) is 43.0 Å². The zero-order chi connectivity index (χ0) is 31.9. The summed E-state index contributed by atoms with van der Waals surface area (Å²) in [5, 5.41) is 7.19. The van der Waals surface area contributed by atoms with E-state index in [2.05, 4.69) is 25.4 Å². The lowest BCUT2D eigenvalue weighted by Crippen LogP contribution is -2.42. The number of methoxy groups -OCH3 is 1. The molecule has 2 atom stereocenters. The van der Waals surface area contributed by atoms with Crippen molar-refractivity contribution >= 4 is 34.7 Å². The first kappa shape index (κ1) is 30.5. The molecule has 0 spiro atoms. The Kier molecular flexibility index (Phi) is 8.22. The van der Waals surface area contributed by atoms with Crippen LogP contribution < -0.4 is 15.8 Å². The third kappa shape index (κ3) is 5.96. The van der Waals surface area contributed by atoms with E-state index in [-0.39, 0.29) is 67.0 Å². The lowest BCUT2D eigenvalue weighted by Gasteiger charge is -2.31. The zero-order valence-electron chi connectivity index (χ0n) is 24.1. The molecule has 6 rings (SSSR count). The van der Waals surface area contributed by atoms with Crippen molar-refractivity contribution in [3.05, 3.63) is 64.8 Å². The molecule has 4 aromatic heterocycles. The van der Waals surface area contributed by atoms with Gasteiger partial charge in [-0.2, -0.15) is 5.10 Å².